The van der Waals surface area contributed by atoms with Crippen molar-refractivity contribution in [2.24, 2.45) is 0 Å². The minimum atomic E-state index is -1.17. The van der Waals surface area contributed by atoms with Crippen molar-refractivity contribution >= 4 is 33.5 Å². The second kappa shape index (κ2) is 3.13. The van der Waals surface area contributed by atoms with Crippen molar-refractivity contribution in [2.75, 3.05) is 22.9 Å². The predicted molar refractivity (Wildman–Crippen MR) is 61.5 cm³/mol. The third kappa shape index (κ3) is 1.13. The fourth-order valence-corrected chi connectivity index (χ4v) is 1.60. The maximum Gasteiger partial charge on any atom is 0.184 e. The molecule has 0 aliphatic carbocycles. The van der Waals surface area contributed by atoms with E-state index in [4.69, 9.17) is 22.9 Å². The smallest absolute Gasteiger partial charge is 0.184 e. The van der Waals surface area contributed by atoms with Gasteiger partial charge in [0.2, 0.25) is 0 Å². The molecule has 8 N–H and O–H groups in total. The van der Waals surface area contributed by atoms with Crippen LogP contribution in [0.25, 0.3) is 10.8 Å². The van der Waals surface area contributed by atoms with Crippen LogP contribution in [0, 0.1) is 11.6 Å². The molecule has 0 amide bonds. The Bertz CT molecular complexity index is 595. The van der Waals surface area contributed by atoms with Crippen molar-refractivity contribution in [1.82, 2.24) is 0 Å². The fraction of sp³-hybridized carbons (Fsp3) is 0. The van der Waals surface area contributed by atoms with Gasteiger partial charge in [0.25, 0.3) is 0 Å². The summed E-state index contributed by atoms with van der Waals surface area (Å²) < 4.78 is 26.8. The summed E-state index contributed by atoms with van der Waals surface area (Å²) in [5, 5.41) is 0.118. The number of benzene rings is 2. The topological polar surface area (TPSA) is 104 Å². The van der Waals surface area contributed by atoms with E-state index in [2.05, 4.69) is 0 Å². The summed E-state index contributed by atoms with van der Waals surface area (Å²) >= 11 is 0. The third-order valence-corrected chi connectivity index (χ3v) is 2.50. The minimum Gasteiger partial charge on any atom is -0.397 e. The highest BCUT2D eigenvalue weighted by Crippen LogP contribution is 2.38. The van der Waals surface area contributed by atoms with Crippen molar-refractivity contribution in [3.05, 3.63) is 23.8 Å². The first kappa shape index (κ1) is 10.3. The number of hydrogen-bond donors (Lipinski definition) is 4. The first-order valence-corrected chi connectivity index (χ1v) is 4.44. The predicted octanol–water partition coefficient (Wildman–Crippen LogP) is 1.45. The Morgan fingerprint density at radius 2 is 1.38 bits per heavy atom. The maximum absolute atomic E-state index is 13.5. The van der Waals surface area contributed by atoms with E-state index in [-0.39, 0.29) is 27.8 Å². The number of nitrogens with two attached hydrogens (primary N) is 4. The zero-order valence-electron chi connectivity index (χ0n) is 8.22. The van der Waals surface area contributed by atoms with Crippen molar-refractivity contribution in [2.45, 2.75) is 0 Å². The van der Waals surface area contributed by atoms with Crippen LogP contribution in [0.1, 0.15) is 0 Å². The van der Waals surface area contributed by atoms with E-state index in [9.17, 15) is 8.78 Å². The van der Waals surface area contributed by atoms with E-state index < -0.39 is 17.3 Å². The Hall–Kier alpha value is -2.24. The molecular formula is C10H10F2N4. The molecule has 0 aromatic heterocycles. The van der Waals surface area contributed by atoms with E-state index in [0.29, 0.717) is 0 Å². The van der Waals surface area contributed by atoms with Crippen molar-refractivity contribution in [3.8, 4) is 0 Å². The lowest BCUT2D eigenvalue weighted by Crippen LogP contribution is -2.05. The van der Waals surface area contributed by atoms with Gasteiger partial charge >= 0.3 is 0 Å². The summed E-state index contributed by atoms with van der Waals surface area (Å²) in [6.45, 7) is 0. The number of fused-ring (bicyclic) bond motifs is 1. The minimum absolute atomic E-state index is 0.0316. The quantitative estimate of drug-likeness (QED) is 0.508. The number of anilines is 4. The van der Waals surface area contributed by atoms with Gasteiger partial charge in [0.05, 0.1) is 22.7 Å². The van der Waals surface area contributed by atoms with Crippen LogP contribution in [0.3, 0.4) is 0 Å². The molecule has 4 nitrogen and oxygen atoms in total. The molecule has 0 heterocycles. The van der Waals surface area contributed by atoms with Gasteiger partial charge in [-0.3, -0.25) is 0 Å². The Morgan fingerprint density at radius 1 is 0.750 bits per heavy atom. The molecule has 2 rings (SSSR count). The molecule has 6 heteroatoms. The first-order chi connectivity index (χ1) is 7.45. The summed E-state index contributed by atoms with van der Waals surface area (Å²) in [4.78, 5) is 0. The van der Waals surface area contributed by atoms with Gasteiger partial charge in [0.15, 0.2) is 11.6 Å². The lowest BCUT2D eigenvalue weighted by molar-refractivity contribution is 0.521. The standard InChI is InChI=1S/C10H10F2N4/c11-6-3-1-2-4(13)8(14)5(3)9(15)10(16)7(6)12/h1-2H,13-16H2. The molecule has 84 valence electrons. The zero-order chi connectivity index (χ0) is 12.0. The van der Waals surface area contributed by atoms with Crippen LogP contribution in [0.2, 0.25) is 0 Å². The van der Waals surface area contributed by atoms with Crippen LogP contribution >= 0.6 is 0 Å². The molecule has 0 fully saturated rings. The Kier molecular flexibility index (Phi) is 2.01. The van der Waals surface area contributed by atoms with Crippen molar-refractivity contribution in [1.29, 1.82) is 0 Å². The van der Waals surface area contributed by atoms with Crippen LogP contribution in [-0.4, -0.2) is 0 Å². The SMILES string of the molecule is Nc1ccc2c(F)c(F)c(N)c(N)c2c1N. The van der Waals surface area contributed by atoms with Gasteiger partial charge in [-0.05, 0) is 12.1 Å². The van der Waals surface area contributed by atoms with Crippen molar-refractivity contribution in [3.63, 3.8) is 0 Å². The number of hydrogen-bond acceptors (Lipinski definition) is 4. The highest BCUT2D eigenvalue weighted by molar-refractivity contribution is 6.09. The Balaban J connectivity index is 3.09. The lowest BCUT2D eigenvalue weighted by Gasteiger charge is -2.12. The van der Waals surface area contributed by atoms with Crippen LogP contribution in [0.4, 0.5) is 31.5 Å². The molecule has 0 atom stereocenters. The molecule has 0 radical (unpaired) electrons. The first-order valence-electron chi connectivity index (χ1n) is 4.44. The summed E-state index contributed by atoms with van der Waals surface area (Å²) in [6, 6.07) is 2.70. The normalized spacial score (nSPS) is 10.9. The number of rotatable bonds is 0. The number of halogens is 2. The van der Waals surface area contributed by atoms with Gasteiger partial charge in [-0.25, -0.2) is 8.78 Å². The van der Waals surface area contributed by atoms with Crippen LogP contribution in [0.15, 0.2) is 12.1 Å². The lowest BCUT2D eigenvalue weighted by atomic mass is 10.0. The summed E-state index contributed by atoms with van der Waals surface area (Å²) in [7, 11) is 0. The van der Waals surface area contributed by atoms with E-state index in [1.165, 1.54) is 12.1 Å². The Morgan fingerprint density at radius 3 is 2.00 bits per heavy atom. The fourth-order valence-electron chi connectivity index (χ4n) is 1.60. The second-order valence-electron chi connectivity index (χ2n) is 3.45. The maximum atomic E-state index is 13.5. The van der Waals surface area contributed by atoms with Gasteiger partial charge in [-0.15, -0.1) is 0 Å². The van der Waals surface area contributed by atoms with Crippen molar-refractivity contribution < 1.29 is 8.78 Å². The number of nitrogen functional groups attached to an aromatic ring is 4. The summed E-state index contributed by atoms with van der Waals surface area (Å²) in [6.07, 6.45) is 0. The van der Waals surface area contributed by atoms with Crippen LogP contribution in [0.5, 0.6) is 0 Å². The summed E-state index contributed by atoms with van der Waals surface area (Å²) in [5.41, 5.74) is 21.9. The van der Waals surface area contributed by atoms with Crippen LogP contribution < -0.4 is 22.9 Å². The van der Waals surface area contributed by atoms with E-state index >= 15 is 0 Å². The Labute approximate surface area is 89.8 Å². The van der Waals surface area contributed by atoms with Gasteiger partial charge in [-0.2, -0.15) is 0 Å². The zero-order valence-corrected chi connectivity index (χ0v) is 8.22. The second-order valence-corrected chi connectivity index (χ2v) is 3.45. The molecule has 0 aliphatic rings. The molecular weight excluding hydrogens is 214 g/mol. The molecule has 0 saturated carbocycles. The monoisotopic (exact) mass is 224 g/mol. The van der Waals surface area contributed by atoms with E-state index in [1.54, 1.807) is 0 Å². The highest BCUT2D eigenvalue weighted by atomic mass is 19.2. The van der Waals surface area contributed by atoms with Gasteiger partial charge in [-0.1, -0.05) is 0 Å². The highest BCUT2D eigenvalue weighted by Gasteiger charge is 2.18. The molecule has 2 aromatic rings. The van der Waals surface area contributed by atoms with E-state index in [0.717, 1.165) is 0 Å². The third-order valence-electron chi connectivity index (χ3n) is 2.50. The molecule has 0 bridgehead atoms. The molecule has 0 unspecified atom stereocenters. The summed E-state index contributed by atoms with van der Waals surface area (Å²) in [5.74, 6) is -2.25. The molecule has 2 aromatic carbocycles. The largest absolute Gasteiger partial charge is 0.397 e. The average molecular weight is 224 g/mol. The van der Waals surface area contributed by atoms with Gasteiger partial charge in [0.1, 0.15) is 0 Å². The van der Waals surface area contributed by atoms with E-state index in [1.807, 2.05) is 0 Å². The van der Waals surface area contributed by atoms with Gasteiger partial charge in [0, 0.05) is 10.8 Å². The van der Waals surface area contributed by atoms with Gasteiger partial charge < -0.3 is 22.9 Å². The molecule has 0 aliphatic heterocycles. The average Bonchev–Trinajstić information content (AvgIpc) is 2.27. The molecule has 16 heavy (non-hydrogen) atoms. The van der Waals surface area contributed by atoms with Crippen LogP contribution in [-0.2, 0) is 0 Å². The molecule has 0 saturated heterocycles. The molecule has 0 spiro atoms.